The zero-order valence-corrected chi connectivity index (χ0v) is 4.41. The summed E-state index contributed by atoms with van der Waals surface area (Å²) >= 11 is 0. The lowest BCUT2D eigenvalue weighted by Crippen LogP contribution is -1.68. The van der Waals surface area contributed by atoms with Crippen molar-refractivity contribution >= 4 is 12.6 Å². The van der Waals surface area contributed by atoms with Crippen molar-refractivity contribution in [3.05, 3.63) is 24.4 Å². The molecule has 8 heavy (non-hydrogen) atoms. The predicted molar refractivity (Wildman–Crippen MR) is 35.3 cm³/mol. The highest BCUT2D eigenvalue weighted by atomic mass is 14.9. The van der Waals surface area contributed by atoms with Gasteiger partial charge in [0.05, 0.1) is 11.9 Å². The van der Waals surface area contributed by atoms with E-state index in [1.165, 1.54) is 6.34 Å². The van der Waals surface area contributed by atoms with Gasteiger partial charge >= 0.3 is 0 Å². The Balaban J connectivity index is 2.74. The van der Waals surface area contributed by atoms with E-state index in [0.29, 0.717) is 0 Å². The number of hydrogen-bond donors (Lipinski definition) is 0. The van der Waals surface area contributed by atoms with E-state index < -0.39 is 0 Å². The third kappa shape index (κ3) is 0.904. The maximum absolute atomic E-state index is 3.87. The van der Waals surface area contributed by atoms with Crippen LogP contribution < -0.4 is 0 Å². The largest absolute Gasteiger partial charge is 0.243 e. The molecule has 0 saturated carbocycles. The van der Waals surface area contributed by atoms with E-state index in [9.17, 15) is 0 Å². The van der Waals surface area contributed by atoms with Crippen molar-refractivity contribution in [3.8, 4) is 0 Å². The minimum atomic E-state index is 0.861. The average Bonchev–Trinajstić information content (AvgIpc) is 2.19. The van der Waals surface area contributed by atoms with Gasteiger partial charge in [-0.15, -0.1) is 0 Å². The molecule has 0 bridgehead atoms. The Labute approximate surface area is 48.0 Å². The highest BCUT2D eigenvalue weighted by molar-refractivity contribution is 5.91. The van der Waals surface area contributed by atoms with Gasteiger partial charge in [-0.3, -0.25) is 0 Å². The lowest BCUT2D eigenvalue weighted by Gasteiger charge is -1.76. The highest BCUT2D eigenvalue weighted by Crippen LogP contribution is 1.96. The first kappa shape index (κ1) is 4.97. The number of hydrogen-bond acceptors (Lipinski definition) is 2. The minimum absolute atomic E-state index is 0.861. The molecule has 40 valence electrons. The Morgan fingerprint density at radius 1 is 1.62 bits per heavy atom. The molecule has 0 spiro atoms. The lowest BCUT2D eigenvalue weighted by atomic mass is 10.4. The molecule has 0 fully saturated rings. The molecule has 1 rings (SSSR count). The zero-order chi connectivity index (χ0) is 5.82. The van der Waals surface area contributed by atoms with Crippen molar-refractivity contribution in [1.82, 2.24) is 0 Å². The molecular formula is C6H6N2. The molecule has 0 amide bonds. The van der Waals surface area contributed by atoms with E-state index in [4.69, 9.17) is 0 Å². The van der Waals surface area contributed by atoms with Gasteiger partial charge in [-0.25, -0.2) is 9.98 Å². The molecule has 0 radical (unpaired) electrons. The van der Waals surface area contributed by atoms with E-state index >= 15 is 0 Å². The standard InChI is InChI=1S/C6H6N2/c1-2-3-6-4-7-5-8-6/h2-5H,1H2/b6-3-. The topological polar surface area (TPSA) is 24.7 Å². The van der Waals surface area contributed by atoms with Crippen LogP contribution in [-0.4, -0.2) is 12.6 Å². The Bertz CT molecular complexity index is 161. The van der Waals surface area contributed by atoms with Gasteiger partial charge in [-0.1, -0.05) is 12.7 Å². The van der Waals surface area contributed by atoms with Crippen molar-refractivity contribution in [2.24, 2.45) is 9.98 Å². The molecule has 0 aliphatic carbocycles. The molecule has 0 aromatic heterocycles. The van der Waals surface area contributed by atoms with Crippen LogP contribution in [0.5, 0.6) is 0 Å². The van der Waals surface area contributed by atoms with Crippen LogP contribution in [0, 0.1) is 0 Å². The van der Waals surface area contributed by atoms with Gasteiger partial charge in [0, 0.05) is 0 Å². The van der Waals surface area contributed by atoms with Gasteiger partial charge in [-0.2, -0.15) is 0 Å². The molecular weight excluding hydrogens is 100 g/mol. The fourth-order valence-electron chi connectivity index (χ4n) is 0.450. The summed E-state index contributed by atoms with van der Waals surface area (Å²) in [5.74, 6) is 0. The van der Waals surface area contributed by atoms with Crippen molar-refractivity contribution in [3.63, 3.8) is 0 Å². The predicted octanol–water partition coefficient (Wildman–Crippen LogP) is 1.17. The summed E-state index contributed by atoms with van der Waals surface area (Å²) in [7, 11) is 0. The van der Waals surface area contributed by atoms with E-state index in [0.717, 1.165) is 5.70 Å². The van der Waals surface area contributed by atoms with Gasteiger partial charge in [-0.05, 0) is 6.08 Å². The highest BCUT2D eigenvalue weighted by Gasteiger charge is 1.88. The molecule has 2 nitrogen and oxygen atoms in total. The number of aliphatic imine (C=N–C) groups is 2. The van der Waals surface area contributed by atoms with Gasteiger partial charge in [0.15, 0.2) is 0 Å². The van der Waals surface area contributed by atoms with Gasteiger partial charge in [0.25, 0.3) is 0 Å². The van der Waals surface area contributed by atoms with Crippen molar-refractivity contribution in [2.45, 2.75) is 0 Å². The maximum Gasteiger partial charge on any atom is 0.116 e. The number of allylic oxidation sites excluding steroid dienone is 3. The Morgan fingerprint density at radius 2 is 2.50 bits per heavy atom. The Morgan fingerprint density at radius 3 is 3.00 bits per heavy atom. The summed E-state index contributed by atoms with van der Waals surface area (Å²) < 4.78 is 0. The molecule has 0 atom stereocenters. The Kier molecular flexibility index (Phi) is 1.37. The molecule has 0 saturated heterocycles. The number of rotatable bonds is 1. The van der Waals surface area contributed by atoms with E-state index in [1.54, 1.807) is 18.4 Å². The minimum Gasteiger partial charge on any atom is -0.243 e. The second kappa shape index (κ2) is 2.21. The van der Waals surface area contributed by atoms with Crippen LogP contribution in [0.1, 0.15) is 0 Å². The SMILES string of the molecule is C=C/C=C1/C=NC=N1. The third-order valence-corrected chi connectivity index (χ3v) is 0.769. The summed E-state index contributed by atoms with van der Waals surface area (Å²) in [6.45, 7) is 3.51. The first-order chi connectivity index (χ1) is 3.93. The van der Waals surface area contributed by atoms with Crippen molar-refractivity contribution in [2.75, 3.05) is 0 Å². The van der Waals surface area contributed by atoms with Gasteiger partial charge in [0.1, 0.15) is 6.34 Å². The van der Waals surface area contributed by atoms with Crippen LogP contribution in [0.3, 0.4) is 0 Å². The summed E-state index contributed by atoms with van der Waals surface area (Å²) in [6.07, 6.45) is 6.67. The number of nitrogens with zero attached hydrogens (tertiary/aromatic N) is 2. The fraction of sp³-hybridized carbons (Fsp3) is 0. The normalized spacial score (nSPS) is 20.2. The van der Waals surface area contributed by atoms with E-state index in [1.807, 2.05) is 0 Å². The monoisotopic (exact) mass is 106 g/mol. The third-order valence-electron chi connectivity index (χ3n) is 0.769. The van der Waals surface area contributed by atoms with Crippen LogP contribution in [0.2, 0.25) is 0 Å². The fourth-order valence-corrected chi connectivity index (χ4v) is 0.450. The van der Waals surface area contributed by atoms with E-state index in [-0.39, 0.29) is 0 Å². The van der Waals surface area contributed by atoms with Crippen molar-refractivity contribution < 1.29 is 0 Å². The molecule has 1 aliphatic heterocycles. The maximum atomic E-state index is 3.87. The van der Waals surface area contributed by atoms with Crippen LogP contribution in [0.15, 0.2) is 34.4 Å². The second-order valence-corrected chi connectivity index (χ2v) is 1.35. The molecule has 0 aromatic rings. The van der Waals surface area contributed by atoms with Gasteiger partial charge < -0.3 is 0 Å². The molecule has 1 aliphatic rings. The first-order valence-corrected chi connectivity index (χ1v) is 2.32. The second-order valence-electron chi connectivity index (χ2n) is 1.35. The lowest BCUT2D eigenvalue weighted by molar-refractivity contribution is 1.53. The smallest absolute Gasteiger partial charge is 0.116 e. The first-order valence-electron chi connectivity index (χ1n) is 2.32. The summed E-state index contributed by atoms with van der Waals surface area (Å²) in [4.78, 5) is 7.62. The van der Waals surface area contributed by atoms with Crippen LogP contribution in [0.25, 0.3) is 0 Å². The van der Waals surface area contributed by atoms with Gasteiger partial charge in [0.2, 0.25) is 0 Å². The van der Waals surface area contributed by atoms with Crippen LogP contribution in [-0.2, 0) is 0 Å². The van der Waals surface area contributed by atoms with Crippen LogP contribution in [0.4, 0.5) is 0 Å². The summed E-state index contributed by atoms with van der Waals surface area (Å²) in [5.41, 5.74) is 0.861. The molecule has 0 N–H and O–H groups in total. The average molecular weight is 106 g/mol. The molecule has 0 unspecified atom stereocenters. The zero-order valence-electron chi connectivity index (χ0n) is 4.41. The Hall–Kier alpha value is -1.18. The summed E-state index contributed by atoms with van der Waals surface area (Å²) in [5, 5.41) is 0. The molecule has 1 heterocycles. The summed E-state index contributed by atoms with van der Waals surface area (Å²) in [6, 6.07) is 0. The van der Waals surface area contributed by atoms with E-state index in [2.05, 4.69) is 16.6 Å². The molecule has 0 aromatic carbocycles. The quantitative estimate of drug-likeness (QED) is 0.479. The van der Waals surface area contributed by atoms with Crippen molar-refractivity contribution in [1.29, 1.82) is 0 Å². The molecule has 2 heteroatoms. The van der Waals surface area contributed by atoms with Crippen LogP contribution >= 0.6 is 0 Å².